The van der Waals surface area contributed by atoms with Gasteiger partial charge in [-0.25, -0.2) is 0 Å². The first-order chi connectivity index (χ1) is 9.78. The Balaban J connectivity index is 1.83. The number of benzene rings is 2. The van der Waals surface area contributed by atoms with Crippen molar-refractivity contribution >= 4 is 22.0 Å². The molecule has 1 aliphatic heterocycles. The first-order valence-electron chi connectivity index (χ1n) is 6.49. The van der Waals surface area contributed by atoms with Crippen molar-refractivity contribution < 1.29 is 9.47 Å². The Bertz CT molecular complexity index is 649. The van der Waals surface area contributed by atoms with Crippen molar-refractivity contribution in [1.29, 1.82) is 0 Å². The fourth-order valence-corrected chi connectivity index (χ4v) is 2.76. The van der Waals surface area contributed by atoms with Crippen molar-refractivity contribution in [3.05, 3.63) is 69.7 Å². The Morgan fingerprint density at radius 3 is 2.90 bits per heavy atom. The van der Waals surface area contributed by atoms with E-state index in [1.165, 1.54) is 11.1 Å². The van der Waals surface area contributed by atoms with Crippen LogP contribution in [0.25, 0.3) is 6.08 Å². The maximum Gasteiger partial charge on any atom is 0.119 e. The van der Waals surface area contributed by atoms with Gasteiger partial charge in [-0.3, -0.25) is 0 Å². The van der Waals surface area contributed by atoms with Gasteiger partial charge in [-0.05, 0) is 34.9 Å². The molecule has 0 aromatic heterocycles. The van der Waals surface area contributed by atoms with E-state index in [2.05, 4.69) is 40.2 Å². The summed E-state index contributed by atoms with van der Waals surface area (Å²) in [6.07, 6.45) is 4.20. The molecule has 3 rings (SSSR count). The van der Waals surface area contributed by atoms with Gasteiger partial charge >= 0.3 is 0 Å². The molecule has 0 radical (unpaired) electrons. The number of hydrogen-bond donors (Lipinski definition) is 0. The lowest BCUT2D eigenvalue weighted by molar-refractivity contribution is 0.0996. The van der Waals surface area contributed by atoms with Gasteiger partial charge in [-0.1, -0.05) is 52.3 Å². The van der Waals surface area contributed by atoms with Crippen molar-refractivity contribution in [2.45, 2.75) is 12.7 Å². The van der Waals surface area contributed by atoms with Gasteiger partial charge in [0.05, 0.1) is 13.7 Å². The molecular formula is C17H15BrO2. The van der Waals surface area contributed by atoms with E-state index < -0.39 is 0 Å². The van der Waals surface area contributed by atoms with Crippen LogP contribution >= 0.6 is 15.9 Å². The van der Waals surface area contributed by atoms with Crippen LogP contribution in [0.4, 0.5) is 0 Å². The largest absolute Gasteiger partial charge is 0.497 e. The van der Waals surface area contributed by atoms with Crippen LogP contribution < -0.4 is 4.74 Å². The summed E-state index contributed by atoms with van der Waals surface area (Å²) in [6.45, 7) is 0.636. The molecule has 0 saturated heterocycles. The van der Waals surface area contributed by atoms with Gasteiger partial charge in [-0.2, -0.15) is 0 Å². The summed E-state index contributed by atoms with van der Waals surface area (Å²) >= 11 is 3.55. The maximum absolute atomic E-state index is 5.83. The Labute approximate surface area is 127 Å². The molecule has 2 aromatic rings. The van der Waals surface area contributed by atoms with Crippen LogP contribution in [0.1, 0.15) is 22.8 Å². The topological polar surface area (TPSA) is 18.5 Å². The molecule has 0 bridgehead atoms. The highest BCUT2D eigenvalue weighted by atomic mass is 79.9. The van der Waals surface area contributed by atoms with E-state index in [0.29, 0.717) is 6.61 Å². The van der Waals surface area contributed by atoms with Crippen LogP contribution in [0.15, 0.2) is 53.0 Å². The lowest BCUT2D eigenvalue weighted by Gasteiger charge is -2.07. The average Bonchev–Trinajstić information content (AvgIpc) is 2.88. The Morgan fingerprint density at radius 2 is 2.10 bits per heavy atom. The van der Waals surface area contributed by atoms with Crippen LogP contribution in [0.3, 0.4) is 0 Å². The smallest absolute Gasteiger partial charge is 0.119 e. The quantitative estimate of drug-likeness (QED) is 0.809. The fraction of sp³-hybridized carbons (Fsp3) is 0.176. The molecule has 0 fully saturated rings. The van der Waals surface area contributed by atoms with E-state index in [0.717, 1.165) is 15.8 Å². The number of halogens is 1. The predicted octanol–water partition coefficient (Wildman–Crippen LogP) is 4.74. The summed E-state index contributed by atoms with van der Waals surface area (Å²) in [5.41, 5.74) is 3.57. The lowest BCUT2D eigenvalue weighted by Crippen LogP contribution is -1.91. The van der Waals surface area contributed by atoms with Gasteiger partial charge in [0.25, 0.3) is 0 Å². The monoisotopic (exact) mass is 330 g/mol. The second kappa shape index (κ2) is 5.81. The van der Waals surface area contributed by atoms with Crippen molar-refractivity contribution in [2.24, 2.45) is 0 Å². The zero-order chi connectivity index (χ0) is 13.9. The number of ether oxygens (including phenoxy) is 2. The maximum atomic E-state index is 5.83. The zero-order valence-electron chi connectivity index (χ0n) is 11.2. The number of rotatable bonds is 3. The molecule has 2 aromatic carbocycles. The summed E-state index contributed by atoms with van der Waals surface area (Å²) < 4.78 is 12.2. The van der Waals surface area contributed by atoms with E-state index in [1.54, 1.807) is 7.11 Å². The van der Waals surface area contributed by atoms with Gasteiger partial charge < -0.3 is 9.47 Å². The standard InChI is InChI=1S/C17H15BrO2/c1-19-14-7-8-15-13(10-14)11-20-17(15)9-6-12-4-2-3-5-16(12)18/h2-10,17H,11H2,1H3/b9-6+. The van der Waals surface area contributed by atoms with Crippen LogP contribution in [0.5, 0.6) is 5.75 Å². The molecular weight excluding hydrogens is 316 g/mol. The molecule has 0 amide bonds. The van der Waals surface area contributed by atoms with Crippen LogP contribution in [-0.4, -0.2) is 7.11 Å². The highest BCUT2D eigenvalue weighted by Gasteiger charge is 2.21. The van der Waals surface area contributed by atoms with Crippen molar-refractivity contribution in [1.82, 2.24) is 0 Å². The molecule has 0 saturated carbocycles. The minimum Gasteiger partial charge on any atom is -0.497 e. The first-order valence-corrected chi connectivity index (χ1v) is 7.28. The molecule has 20 heavy (non-hydrogen) atoms. The van der Waals surface area contributed by atoms with E-state index in [4.69, 9.17) is 9.47 Å². The number of fused-ring (bicyclic) bond motifs is 1. The second-order valence-electron chi connectivity index (χ2n) is 4.68. The molecule has 3 heteroatoms. The molecule has 2 nitrogen and oxygen atoms in total. The predicted molar refractivity (Wildman–Crippen MR) is 83.7 cm³/mol. The van der Waals surface area contributed by atoms with Crippen molar-refractivity contribution in [3.8, 4) is 5.75 Å². The Morgan fingerprint density at radius 1 is 1.25 bits per heavy atom. The van der Waals surface area contributed by atoms with Crippen LogP contribution in [0.2, 0.25) is 0 Å². The summed E-state index contributed by atoms with van der Waals surface area (Å²) in [5.74, 6) is 0.878. The third kappa shape index (κ3) is 2.65. The van der Waals surface area contributed by atoms with Crippen LogP contribution in [-0.2, 0) is 11.3 Å². The van der Waals surface area contributed by atoms with Gasteiger partial charge in [0.1, 0.15) is 11.9 Å². The van der Waals surface area contributed by atoms with Gasteiger partial charge in [0.15, 0.2) is 0 Å². The SMILES string of the molecule is COc1ccc2c(c1)COC2/C=C/c1ccccc1Br. The molecule has 1 atom stereocenters. The highest BCUT2D eigenvalue weighted by Crippen LogP contribution is 2.34. The zero-order valence-corrected chi connectivity index (χ0v) is 12.8. The molecule has 1 heterocycles. The van der Waals surface area contributed by atoms with E-state index in [1.807, 2.05) is 30.3 Å². The number of methoxy groups -OCH3 is 1. The average molecular weight is 331 g/mol. The summed E-state index contributed by atoms with van der Waals surface area (Å²) in [4.78, 5) is 0. The van der Waals surface area contributed by atoms with E-state index in [-0.39, 0.29) is 6.10 Å². The van der Waals surface area contributed by atoms with E-state index >= 15 is 0 Å². The van der Waals surface area contributed by atoms with E-state index in [9.17, 15) is 0 Å². The Kier molecular flexibility index (Phi) is 3.90. The molecule has 102 valence electrons. The fourth-order valence-electron chi connectivity index (χ4n) is 2.34. The minimum atomic E-state index is 0.0167. The molecule has 1 aliphatic rings. The normalized spacial score (nSPS) is 17.4. The van der Waals surface area contributed by atoms with Crippen molar-refractivity contribution in [2.75, 3.05) is 7.11 Å². The van der Waals surface area contributed by atoms with Gasteiger partial charge in [0, 0.05) is 4.47 Å². The second-order valence-corrected chi connectivity index (χ2v) is 5.53. The number of hydrogen-bond acceptors (Lipinski definition) is 2. The Hall–Kier alpha value is -1.58. The minimum absolute atomic E-state index is 0.0167. The summed E-state index contributed by atoms with van der Waals surface area (Å²) in [7, 11) is 1.68. The molecule has 0 N–H and O–H groups in total. The molecule has 1 unspecified atom stereocenters. The first kappa shape index (κ1) is 13.4. The third-order valence-electron chi connectivity index (χ3n) is 3.43. The van der Waals surface area contributed by atoms with Crippen LogP contribution in [0, 0.1) is 0 Å². The summed E-state index contributed by atoms with van der Waals surface area (Å²) in [6, 6.07) is 14.2. The lowest BCUT2D eigenvalue weighted by atomic mass is 10.0. The van der Waals surface area contributed by atoms with Crippen molar-refractivity contribution in [3.63, 3.8) is 0 Å². The highest BCUT2D eigenvalue weighted by molar-refractivity contribution is 9.10. The molecule has 0 aliphatic carbocycles. The summed E-state index contributed by atoms with van der Waals surface area (Å²) in [5, 5.41) is 0. The molecule has 0 spiro atoms. The third-order valence-corrected chi connectivity index (χ3v) is 4.15. The van der Waals surface area contributed by atoms with Gasteiger partial charge in [-0.15, -0.1) is 0 Å². The van der Waals surface area contributed by atoms with Gasteiger partial charge in [0.2, 0.25) is 0 Å².